The summed E-state index contributed by atoms with van der Waals surface area (Å²) in [7, 11) is 0. The number of fused-ring (bicyclic) bond motifs is 1. The maximum Gasteiger partial charge on any atom is 0.257 e. The van der Waals surface area contributed by atoms with E-state index in [4.69, 9.17) is 9.47 Å². The molecule has 3 rings (SSSR count). The third-order valence-electron chi connectivity index (χ3n) is 4.24. The molecule has 0 saturated heterocycles. The van der Waals surface area contributed by atoms with Crippen molar-refractivity contribution in [1.82, 2.24) is 5.32 Å². The van der Waals surface area contributed by atoms with Crippen LogP contribution in [0.1, 0.15) is 24.2 Å². The number of carbonyl (C=O) groups excluding carboxylic acids is 2. The first kappa shape index (κ1) is 19.6. The lowest BCUT2D eigenvalue weighted by atomic mass is 10.0. The van der Waals surface area contributed by atoms with E-state index in [1.165, 1.54) is 0 Å². The topological polar surface area (TPSA) is 76.7 Å². The van der Waals surface area contributed by atoms with E-state index in [9.17, 15) is 18.4 Å². The fourth-order valence-electron chi connectivity index (χ4n) is 2.80. The van der Waals surface area contributed by atoms with Crippen molar-refractivity contribution in [3.8, 4) is 11.5 Å². The zero-order valence-electron chi connectivity index (χ0n) is 15.4. The predicted octanol–water partition coefficient (Wildman–Crippen LogP) is 3.13. The third-order valence-corrected chi connectivity index (χ3v) is 4.24. The zero-order valence-corrected chi connectivity index (χ0v) is 15.4. The van der Waals surface area contributed by atoms with Gasteiger partial charge in [-0.05, 0) is 30.2 Å². The van der Waals surface area contributed by atoms with Gasteiger partial charge in [-0.15, -0.1) is 0 Å². The smallest absolute Gasteiger partial charge is 0.257 e. The molecule has 1 heterocycles. The van der Waals surface area contributed by atoms with Crippen LogP contribution in [-0.4, -0.2) is 31.1 Å². The van der Waals surface area contributed by atoms with Gasteiger partial charge in [0.2, 0.25) is 5.91 Å². The van der Waals surface area contributed by atoms with Gasteiger partial charge >= 0.3 is 0 Å². The fraction of sp³-hybridized carbons (Fsp3) is 0.300. The molecule has 0 saturated carbocycles. The molecule has 1 aliphatic heterocycles. The van der Waals surface area contributed by atoms with Gasteiger partial charge < -0.3 is 20.1 Å². The summed E-state index contributed by atoms with van der Waals surface area (Å²) in [6, 6.07) is 7.05. The summed E-state index contributed by atoms with van der Waals surface area (Å²) in [4.78, 5) is 25.0. The minimum absolute atomic E-state index is 0.323. The van der Waals surface area contributed by atoms with Crippen molar-refractivity contribution in [3.63, 3.8) is 0 Å². The van der Waals surface area contributed by atoms with Crippen molar-refractivity contribution in [3.05, 3.63) is 53.6 Å². The van der Waals surface area contributed by atoms with Crippen LogP contribution in [0, 0.1) is 17.6 Å². The summed E-state index contributed by atoms with van der Waals surface area (Å²) >= 11 is 0. The molecule has 1 atom stereocenters. The van der Waals surface area contributed by atoms with E-state index < -0.39 is 35.1 Å². The maximum atomic E-state index is 13.8. The highest BCUT2D eigenvalue weighted by molar-refractivity contribution is 6.01. The molecule has 0 radical (unpaired) electrons. The quantitative estimate of drug-likeness (QED) is 0.823. The molecule has 1 aliphatic rings. The van der Waals surface area contributed by atoms with Gasteiger partial charge in [0, 0.05) is 11.8 Å². The van der Waals surface area contributed by atoms with Gasteiger partial charge in [0.1, 0.15) is 36.5 Å². The molecule has 6 nitrogen and oxygen atoms in total. The standard InChI is InChI=1S/C20H20F2N2O4/c1-11(2)18(24-19(25)17-13(21)4-3-5-14(17)22)20(26)23-12-6-7-15-16(10-12)28-9-8-27-15/h3-7,10-11,18H,8-9H2,1-2H3,(H,23,26)(H,24,25)/t18-/m1/s1. The van der Waals surface area contributed by atoms with Crippen LogP contribution in [0.4, 0.5) is 14.5 Å². The molecular formula is C20H20F2N2O4. The Bertz CT molecular complexity index is 882. The summed E-state index contributed by atoms with van der Waals surface area (Å²) in [5.41, 5.74) is -0.272. The largest absolute Gasteiger partial charge is 0.486 e. The average molecular weight is 390 g/mol. The van der Waals surface area contributed by atoms with E-state index in [1.54, 1.807) is 32.0 Å². The molecule has 2 N–H and O–H groups in total. The maximum absolute atomic E-state index is 13.8. The molecular weight excluding hydrogens is 370 g/mol. The van der Waals surface area contributed by atoms with Gasteiger partial charge in [0.25, 0.3) is 5.91 Å². The summed E-state index contributed by atoms with van der Waals surface area (Å²) in [6.45, 7) is 4.29. The van der Waals surface area contributed by atoms with Crippen molar-refractivity contribution in [1.29, 1.82) is 0 Å². The van der Waals surface area contributed by atoms with E-state index in [0.717, 1.165) is 18.2 Å². The Morgan fingerprint density at radius 1 is 1.00 bits per heavy atom. The van der Waals surface area contributed by atoms with Crippen LogP contribution in [0.25, 0.3) is 0 Å². The van der Waals surface area contributed by atoms with Crippen LogP contribution in [0.3, 0.4) is 0 Å². The van der Waals surface area contributed by atoms with Gasteiger partial charge in [-0.3, -0.25) is 9.59 Å². The minimum atomic E-state index is -1.00. The van der Waals surface area contributed by atoms with Gasteiger partial charge in [-0.1, -0.05) is 19.9 Å². The summed E-state index contributed by atoms with van der Waals surface area (Å²) in [5, 5.41) is 5.09. The normalized spacial score (nSPS) is 13.8. The van der Waals surface area contributed by atoms with Gasteiger partial charge in [0.05, 0.1) is 0 Å². The molecule has 0 fully saturated rings. The zero-order chi connectivity index (χ0) is 20.3. The number of benzene rings is 2. The number of rotatable bonds is 5. The lowest BCUT2D eigenvalue weighted by Crippen LogP contribution is -2.47. The summed E-state index contributed by atoms with van der Waals surface area (Å²) in [5.74, 6) is -2.74. The second-order valence-corrected chi connectivity index (χ2v) is 6.64. The fourth-order valence-corrected chi connectivity index (χ4v) is 2.80. The Labute approximate surface area is 160 Å². The Balaban J connectivity index is 1.75. The third kappa shape index (κ3) is 4.21. The molecule has 2 aromatic carbocycles. The van der Waals surface area contributed by atoms with Gasteiger partial charge in [-0.25, -0.2) is 8.78 Å². The van der Waals surface area contributed by atoms with E-state index in [-0.39, 0.29) is 5.92 Å². The number of carbonyl (C=O) groups is 2. The lowest BCUT2D eigenvalue weighted by Gasteiger charge is -2.23. The Kier molecular flexibility index (Phi) is 5.77. The van der Waals surface area contributed by atoms with Crippen molar-refractivity contribution >= 4 is 17.5 Å². The van der Waals surface area contributed by atoms with E-state index in [0.29, 0.717) is 30.4 Å². The highest BCUT2D eigenvalue weighted by Crippen LogP contribution is 2.32. The number of ether oxygens (including phenoxy) is 2. The first-order valence-corrected chi connectivity index (χ1v) is 8.82. The summed E-state index contributed by atoms with van der Waals surface area (Å²) < 4.78 is 38.6. The molecule has 8 heteroatoms. The molecule has 0 aliphatic carbocycles. The van der Waals surface area contributed by atoms with Crippen LogP contribution in [0.2, 0.25) is 0 Å². The van der Waals surface area contributed by atoms with Crippen LogP contribution in [-0.2, 0) is 4.79 Å². The van der Waals surface area contributed by atoms with Crippen molar-refractivity contribution in [2.45, 2.75) is 19.9 Å². The second kappa shape index (κ2) is 8.24. The van der Waals surface area contributed by atoms with Crippen LogP contribution < -0.4 is 20.1 Å². The molecule has 2 aromatic rings. The molecule has 0 bridgehead atoms. The van der Waals surface area contributed by atoms with Crippen LogP contribution in [0.15, 0.2) is 36.4 Å². The van der Waals surface area contributed by atoms with Crippen molar-refractivity contribution < 1.29 is 27.8 Å². The lowest BCUT2D eigenvalue weighted by molar-refractivity contribution is -0.118. The van der Waals surface area contributed by atoms with E-state index in [1.807, 2.05) is 0 Å². The highest BCUT2D eigenvalue weighted by Gasteiger charge is 2.27. The molecule has 2 amide bonds. The first-order chi connectivity index (χ1) is 13.4. The van der Waals surface area contributed by atoms with Crippen LogP contribution >= 0.6 is 0 Å². The number of amides is 2. The average Bonchev–Trinajstić information content (AvgIpc) is 2.65. The number of halogens is 2. The first-order valence-electron chi connectivity index (χ1n) is 8.82. The number of nitrogens with one attached hydrogen (secondary N) is 2. The van der Waals surface area contributed by atoms with Crippen LogP contribution in [0.5, 0.6) is 11.5 Å². The Hall–Kier alpha value is -3.16. The second-order valence-electron chi connectivity index (χ2n) is 6.64. The Morgan fingerprint density at radius 3 is 2.29 bits per heavy atom. The Morgan fingerprint density at radius 2 is 1.64 bits per heavy atom. The van der Waals surface area contributed by atoms with Crippen molar-refractivity contribution in [2.75, 3.05) is 18.5 Å². The SMILES string of the molecule is CC(C)[C@@H](NC(=O)c1c(F)cccc1F)C(=O)Nc1ccc2c(c1)OCCO2. The number of anilines is 1. The number of hydrogen-bond donors (Lipinski definition) is 2. The van der Waals surface area contributed by atoms with Crippen molar-refractivity contribution in [2.24, 2.45) is 5.92 Å². The monoisotopic (exact) mass is 390 g/mol. The molecule has 28 heavy (non-hydrogen) atoms. The van der Waals surface area contributed by atoms with E-state index in [2.05, 4.69) is 10.6 Å². The molecule has 0 aromatic heterocycles. The van der Waals surface area contributed by atoms with Gasteiger partial charge in [0.15, 0.2) is 11.5 Å². The summed E-state index contributed by atoms with van der Waals surface area (Å²) in [6.07, 6.45) is 0. The van der Waals surface area contributed by atoms with Gasteiger partial charge in [-0.2, -0.15) is 0 Å². The highest BCUT2D eigenvalue weighted by atomic mass is 19.1. The molecule has 0 unspecified atom stereocenters. The minimum Gasteiger partial charge on any atom is -0.486 e. The number of hydrogen-bond acceptors (Lipinski definition) is 4. The predicted molar refractivity (Wildman–Crippen MR) is 98.5 cm³/mol. The van der Waals surface area contributed by atoms with E-state index >= 15 is 0 Å². The molecule has 0 spiro atoms. The molecule has 148 valence electrons.